The minimum atomic E-state index is 0.0574. The molecule has 0 N–H and O–H groups in total. The third-order valence-electron chi connectivity index (χ3n) is 3.81. The Labute approximate surface area is 111 Å². The SMILES string of the molecule is COC1CC(C)C(=O)CC1C(C)OCC=C(C)C. The van der Waals surface area contributed by atoms with Gasteiger partial charge in [0.05, 0.1) is 18.8 Å². The highest BCUT2D eigenvalue weighted by atomic mass is 16.5. The van der Waals surface area contributed by atoms with Gasteiger partial charge in [0, 0.05) is 25.4 Å². The van der Waals surface area contributed by atoms with Gasteiger partial charge in [-0.25, -0.2) is 0 Å². The Hall–Kier alpha value is -0.670. The Kier molecular flexibility index (Phi) is 6.03. The first kappa shape index (κ1) is 15.4. The van der Waals surface area contributed by atoms with Crippen LogP contribution in [0, 0.1) is 11.8 Å². The predicted molar refractivity (Wildman–Crippen MR) is 72.5 cm³/mol. The maximum atomic E-state index is 11.8. The van der Waals surface area contributed by atoms with Gasteiger partial charge in [-0.3, -0.25) is 4.79 Å². The Morgan fingerprint density at radius 1 is 1.50 bits per heavy atom. The Bertz CT molecular complexity index is 305. The van der Waals surface area contributed by atoms with E-state index >= 15 is 0 Å². The number of Topliss-reactive ketones (excluding diaryl/α,β-unsaturated/α-hetero) is 1. The van der Waals surface area contributed by atoms with Gasteiger partial charge in [0.2, 0.25) is 0 Å². The number of carbonyl (C=O) groups excluding carboxylic acids is 1. The van der Waals surface area contributed by atoms with Crippen LogP contribution in [0.2, 0.25) is 0 Å². The fraction of sp³-hybridized carbons (Fsp3) is 0.800. The van der Waals surface area contributed by atoms with Crippen molar-refractivity contribution in [2.24, 2.45) is 11.8 Å². The second kappa shape index (κ2) is 7.05. The van der Waals surface area contributed by atoms with Crippen LogP contribution < -0.4 is 0 Å². The maximum absolute atomic E-state index is 11.8. The third kappa shape index (κ3) is 4.21. The van der Waals surface area contributed by atoms with E-state index in [1.165, 1.54) is 5.57 Å². The van der Waals surface area contributed by atoms with E-state index in [0.717, 1.165) is 6.42 Å². The number of ether oxygens (including phenoxy) is 2. The van der Waals surface area contributed by atoms with Crippen molar-refractivity contribution in [2.75, 3.05) is 13.7 Å². The van der Waals surface area contributed by atoms with E-state index in [1.807, 2.05) is 13.8 Å². The van der Waals surface area contributed by atoms with Crippen LogP contribution >= 0.6 is 0 Å². The zero-order valence-corrected chi connectivity index (χ0v) is 12.2. The van der Waals surface area contributed by atoms with Gasteiger partial charge in [0.25, 0.3) is 0 Å². The van der Waals surface area contributed by atoms with Crippen LogP contribution in [0.15, 0.2) is 11.6 Å². The van der Waals surface area contributed by atoms with Crippen LogP contribution in [-0.2, 0) is 14.3 Å². The van der Waals surface area contributed by atoms with Crippen molar-refractivity contribution >= 4 is 5.78 Å². The van der Waals surface area contributed by atoms with Gasteiger partial charge in [-0.2, -0.15) is 0 Å². The van der Waals surface area contributed by atoms with Crippen LogP contribution in [0.4, 0.5) is 0 Å². The molecule has 1 fully saturated rings. The van der Waals surface area contributed by atoms with E-state index < -0.39 is 0 Å². The monoisotopic (exact) mass is 254 g/mol. The summed E-state index contributed by atoms with van der Waals surface area (Å²) >= 11 is 0. The molecule has 0 radical (unpaired) electrons. The summed E-state index contributed by atoms with van der Waals surface area (Å²) in [5.41, 5.74) is 1.25. The standard InChI is InChI=1S/C15H26O3/c1-10(2)6-7-18-12(4)13-9-14(16)11(3)8-15(13)17-5/h6,11-13,15H,7-9H2,1-5H3. The molecule has 0 spiro atoms. The van der Waals surface area contributed by atoms with E-state index in [4.69, 9.17) is 9.47 Å². The maximum Gasteiger partial charge on any atom is 0.136 e. The summed E-state index contributed by atoms with van der Waals surface area (Å²) in [5, 5.41) is 0. The lowest BCUT2D eigenvalue weighted by molar-refractivity contribution is -0.135. The fourth-order valence-electron chi connectivity index (χ4n) is 2.45. The summed E-state index contributed by atoms with van der Waals surface area (Å²) in [6, 6.07) is 0. The molecule has 0 aliphatic heterocycles. The van der Waals surface area contributed by atoms with Gasteiger partial charge >= 0.3 is 0 Å². The summed E-state index contributed by atoms with van der Waals surface area (Å²) in [6.07, 6.45) is 3.65. The van der Waals surface area contributed by atoms with Crippen molar-refractivity contribution in [1.29, 1.82) is 0 Å². The van der Waals surface area contributed by atoms with Gasteiger partial charge in [-0.15, -0.1) is 0 Å². The highest BCUT2D eigenvalue weighted by Gasteiger charge is 2.37. The van der Waals surface area contributed by atoms with Gasteiger partial charge in [0.15, 0.2) is 0 Å². The molecule has 4 unspecified atom stereocenters. The number of carbonyl (C=O) groups is 1. The minimum absolute atomic E-state index is 0.0574. The van der Waals surface area contributed by atoms with E-state index in [0.29, 0.717) is 18.8 Å². The number of allylic oxidation sites excluding steroid dienone is 1. The van der Waals surface area contributed by atoms with Crippen LogP contribution in [0.3, 0.4) is 0 Å². The highest BCUT2D eigenvalue weighted by molar-refractivity contribution is 5.81. The smallest absolute Gasteiger partial charge is 0.136 e. The topological polar surface area (TPSA) is 35.5 Å². The van der Waals surface area contributed by atoms with Gasteiger partial charge in [-0.05, 0) is 27.2 Å². The first-order valence-corrected chi connectivity index (χ1v) is 6.76. The summed E-state index contributed by atoms with van der Waals surface area (Å²) in [5.74, 6) is 0.645. The molecular weight excluding hydrogens is 228 g/mol. The number of methoxy groups -OCH3 is 1. The first-order valence-electron chi connectivity index (χ1n) is 6.76. The zero-order valence-electron chi connectivity index (χ0n) is 12.2. The zero-order chi connectivity index (χ0) is 13.7. The van der Waals surface area contributed by atoms with Crippen molar-refractivity contribution in [3.05, 3.63) is 11.6 Å². The third-order valence-corrected chi connectivity index (χ3v) is 3.81. The molecule has 18 heavy (non-hydrogen) atoms. The lowest BCUT2D eigenvalue weighted by Crippen LogP contribution is -2.42. The number of rotatable bonds is 5. The molecule has 3 heteroatoms. The number of hydrogen-bond acceptors (Lipinski definition) is 3. The second-order valence-corrected chi connectivity index (χ2v) is 5.57. The minimum Gasteiger partial charge on any atom is -0.381 e. The molecule has 1 rings (SSSR count). The first-order chi connectivity index (χ1) is 8.45. The molecule has 0 bridgehead atoms. The van der Waals surface area contributed by atoms with E-state index in [1.54, 1.807) is 7.11 Å². The molecule has 1 aliphatic carbocycles. The molecule has 104 valence electrons. The summed E-state index contributed by atoms with van der Waals surface area (Å²) in [7, 11) is 1.73. The average Bonchev–Trinajstić information content (AvgIpc) is 2.31. The number of hydrogen-bond donors (Lipinski definition) is 0. The van der Waals surface area contributed by atoms with E-state index in [9.17, 15) is 4.79 Å². The van der Waals surface area contributed by atoms with Crippen LogP contribution in [0.1, 0.15) is 40.5 Å². The lowest BCUT2D eigenvalue weighted by atomic mass is 9.77. The van der Waals surface area contributed by atoms with Crippen molar-refractivity contribution in [1.82, 2.24) is 0 Å². The largest absolute Gasteiger partial charge is 0.381 e. The molecule has 3 nitrogen and oxygen atoms in total. The fourth-order valence-corrected chi connectivity index (χ4v) is 2.45. The van der Waals surface area contributed by atoms with Crippen molar-refractivity contribution in [2.45, 2.75) is 52.7 Å². The van der Waals surface area contributed by atoms with Crippen LogP contribution in [-0.4, -0.2) is 31.7 Å². The van der Waals surface area contributed by atoms with Crippen LogP contribution in [0.25, 0.3) is 0 Å². The molecule has 1 saturated carbocycles. The van der Waals surface area contributed by atoms with Crippen LogP contribution in [0.5, 0.6) is 0 Å². The summed E-state index contributed by atoms with van der Waals surface area (Å²) in [4.78, 5) is 11.8. The molecule has 4 atom stereocenters. The average molecular weight is 254 g/mol. The summed E-state index contributed by atoms with van der Waals surface area (Å²) in [6.45, 7) is 8.74. The van der Waals surface area contributed by atoms with E-state index in [2.05, 4.69) is 19.9 Å². The number of ketones is 1. The molecule has 0 aromatic rings. The Morgan fingerprint density at radius 2 is 2.17 bits per heavy atom. The van der Waals surface area contributed by atoms with E-state index in [-0.39, 0.29) is 24.0 Å². The predicted octanol–water partition coefficient (Wildman–Crippen LogP) is 2.99. The molecule has 0 amide bonds. The second-order valence-electron chi connectivity index (χ2n) is 5.57. The summed E-state index contributed by atoms with van der Waals surface area (Å²) < 4.78 is 11.3. The molecule has 0 heterocycles. The molecular formula is C15H26O3. The van der Waals surface area contributed by atoms with Crippen molar-refractivity contribution in [3.63, 3.8) is 0 Å². The van der Waals surface area contributed by atoms with Gasteiger partial charge in [0.1, 0.15) is 5.78 Å². The molecule has 1 aliphatic rings. The Balaban J connectivity index is 2.56. The quantitative estimate of drug-likeness (QED) is 0.708. The normalized spacial score (nSPS) is 30.1. The highest BCUT2D eigenvalue weighted by Crippen LogP contribution is 2.31. The van der Waals surface area contributed by atoms with Crippen molar-refractivity contribution < 1.29 is 14.3 Å². The van der Waals surface area contributed by atoms with Gasteiger partial charge < -0.3 is 9.47 Å². The lowest BCUT2D eigenvalue weighted by Gasteiger charge is -2.36. The molecule has 0 aromatic carbocycles. The Morgan fingerprint density at radius 3 is 2.72 bits per heavy atom. The molecule has 0 saturated heterocycles. The molecule has 0 aromatic heterocycles. The van der Waals surface area contributed by atoms with Gasteiger partial charge in [-0.1, -0.05) is 18.6 Å². The van der Waals surface area contributed by atoms with Crippen molar-refractivity contribution in [3.8, 4) is 0 Å².